The molecule has 154 valence electrons. The summed E-state index contributed by atoms with van der Waals surface area (Å²) in [4.78, 5) is 29.3. The van der Waals surface area contributed by atoms with Gasteiger partial charge in [0.15, 0.2) is 0 Å². The van der Waals surface area contributed by atoms with Gasteiger partial charge in [0.05, 0.1) is 0 Å². The number of carbonyl (C=O) groups excluding carboxylic acids is 2. The van der Waals surface area contributed by atoms with Crippen LogP contribution in [0.1, 0.15) is 32.8 Å². The van der Waals surface area contributed by atoms with E-state index in [2.05, 4.69) is 38.8 Å². The molecule has 0 saturated carbocycles. The Kier molecular flexibility index (Phi) is 7.32. The summed E-state index contributed by atoms with van der Waals surface area (Å²) in [6, 6.07) is 8.37. The second-order valence-corrected chi connectivity index (χ2v) is 8.00. The molecule has 0 aliphatic carbocycles. The average molecular weight is 409 g/mol. The van der Waals surface area contributed by atoms with Crippen molar-refractivity contribution in [3.63, 3.8) is 0 Å². The zero-order valence-electron chi connectivity index (χ0n) is 16.6. The van der Waals surface area contributed by atoms with E-state index in [-0.39, 0.29) is 30.9 Å². The van der Waals surface area contributed by atoms with E-state index in [1.807, 2.05) is 12.1 Å². The number of hydrogen-bond acceptors (Lipinski definition) is 4. The van der Waals surface area contributed by atoms with Gasteiger partial charge in [-0.05, 0) is 38.8 Å². The molecule has 0 radical (unpaired) electrons. The second kappa shape index (κ2) is 9.30. The number of nitrogens with zero attached hydrogens (tertiary/aromatic N) is 1. The SMILES string of the molecule is CC(C)(C)OC(=O)NCC(=O)NC1CCN(Cc2c[nH]c3ccccc23)C1.Cl. The summed E-state index contributed by atoms with van der Waals surface area (Å²) in [5.74, 6) is -0.195. The number of ether oxygens (including phenoxy) is 1. The van der Waals surface area contributed by atoms with Crippen LogP contribution in [0.15, 0.2) is 30.5 Å². The van der Waals surface area contributed by atoms with Gasteiger partial charge in [0.1, 0.15) is 12.1 Å². The third kappa shape index (κ3) is 6.14. The summed E-state index contributed by atoms with van der Waals surface area (Å²) in [5.41, 5.74) is 1.84. The molecule has 3 rings (SSSR count). The molecule has 1 atom stereocenters. The molecule has 0 spiro atoms. The van der Waals surface area contributed by atoms with E-state index < -0.39 is 11.7 Å². The molecular formula is C20H29ClN4O3. The molecule has 1 aromatic heterocycles. The van der Waals surface area contributed by atoms with Crippen molar-refractivity contribution in [2.24, 2.45) is 0 Å². The number of para-hydroxylation sites is 1. The van der Waals surface area contributed by atoms with Crippen LogP contribution in [0, 0.1) is 0 Å². The van der Waals surface area contributed by atoms with E-state index in [1.165, 1.54) is 10.9 Å². The van der Waals surface area contributed by atoms with Crippen molar-refractivity contribution in [1.82, 2.24) is 20.5 Å². The first-order valence-corrected chi connectivity index (χ1v) is 9.34. The Morgan fingerprint density at radius 1 is 1.29 bits per heavy atom. The van der Waals surface area contributed by atoms with Gasteiger partial charge in [0.25, 0.3) is 0 Å². The molecule has 2 aromatic rings. The number of benzene rings is 1. The highest BCUT2D eigenvalue weighted by Gasteiger charge is 2.25. The van der Waals surface area contributed by atoms with Crippen LogP contribution in [0.25, 0.3) is 10.9 Å². The lowest BCUT2D eigenvalue weighted by Crippen LogP contribution is -2.44. The highest BCUT2D eigenvalue weighted by Crippen LogP contribution is 2.21. The van der Waals surface area contributed by atoms with Crippen molar-refractivity contribution >= 4 is 35.3 Å². The molecule has 1 saturated heterocycles. The minimum Gasteiger partial charge on any atom is -0.444 e. The molecule has 28 heavy (non-hydrogen) atoms. The predicted octanol–water partition coefficient (Wildman–Crippen LogP) is 2.80. The van der Waals surface area contributed by atoms with Crippen LogP contribution in [0.5, 0.6) is 0 Å². The van der Waals surface area contributed by atoms with Crippen molar-refractivity contribution in [2.45, 2.75) is 45.4 Å². The lowest BCUT2D eigenvalue weighted by atomic mass is 10.1. The summed E-state index contributed by atoms with van der Waals surface area (Å²) in [5, 5.41) is 6.72. The number of H-pyrrole nitrogens is 1. The second-order valence-electron chi connectivity index (χ2n) is 8.00. The monoisotopic (exact) mass is 408 g/mol. The van der Waals surface area contributed by atoms with Crippen LogP contribution in [-0.2, 0) is 16.1 Å². The Hall–Kier alpha value is -2.25. The summed E-state index contributed by atoms with van der Waals surface area (Å²) in [7, 11) is 0. The third-order valence-corrected chi connectivity index (χ3v) is 4.50. The molecule has 7 nitrogen and oxygen atoms in total. The largest absolute Gasteiger partial charge is 0.444 e. The molecule has 1 fully saturated rings. The first-order valence-electron chi connectivity index (χ1n) is 9.34. The van der Waals surface area contributed by atoms with Gasteiger partial charge in [0.2, 0.25) is 5.91 Å². The highest BCUT2D eigenvalue weighted by atomic mass is 35.5. The maximum absolute atomic E-state index is 12.1. The van der Waals surface area contributed by atoms with Crippen LogP contribution in [0.2, 0.25) is 0 Å². The van der Waals surface area contributed by atoms with Gasteiger partial charge >= 0.3 is 6.09 Å². The number of carbonyl (C=O) groups is 2. The molecule has 2 heterocycles. The number of alkyl carbamates (subject to hydrolysis) is 1. The Morgan fingerprint density at radius 3 is 2.79 bits per heavy atom. The van der Waals surface area contributed by atoms with E-state index in [4.69, 9.17) is 4.74 Å². The molecule has 1 aliphatic rings. The smallest absolute Gasteiger partial charge is 0.408 e. The fourth-order valence-corrected chi connectivity index (χ4v) is 3.34. The van der Waals surface area contributed by atoms with Gasteiger partial charge in [-0.25, -0.2) is 4.79 Å². The molecule has 3 N–H and O–H groups in total. The van der Waals surface area contributed by atoms with Gasteiger partial charge in [-0.3, -0.25) is 9.69 Å². The minimum atomic E-state index is -0.579. The summed E-state index contributed by atoms with van der Waals surface area (Å²) in [6.07, 6.45) is 2.38. The first kappa shape index (κ1) is 22.0. The Bertz CT molecular complexity index is 815. The molecule has 1 aromatic carbocycles. The van der Waals surface area contributed by atoms with Gasteiger partial charge < -0.3 is 20.4 Å². The molecule has 2 amide bonds. The van der Waals surface area contributed by atoms with E-state index in [1.54, 1.807) is 20.8 Å². The van der Waals surface area contributed by atoms with Crippen molar-refractivity contribution < 1.29 is 14.3 Å². The van der Waals surface area contributed by atoms with E-state index in [0.29, 0.717) is 0 Å². The summed E-state index contributed by atoms with van der Waals surface area (Å²) < 4.78 is 5.13. The highest BCUT2D eigenvalue weighted by molar-refractivity contribution is 5.85. The lowest BCUT2D eigenvalue weighted by Gasteiger charge is -2.20. The maximum atomic E-state index is 12.1. The van der Waals surface area contributed by atoms with Crippen LogP contribution in [0.4, 0.5) is 4.79 Å². The van der Waals surface area contributed by atoms with Crippen LogP contribution in [-0.4, -0.2) is 53.2 Å². The number of fused-ring (bicyclic) bond motifs is 1. The van der Waals surface area contributed by atoms with Crippen LogP contribution in [0.3, 0.4) is 0 Å². The van der Waals surface area contributed by atoms with E-state index in [9.17, 15) is 9.59 Å². The van der Waals surface area contributed by atoms with Crippen molar-refractivity contribution in [2.75, 3.05) is 19.6 Å². The van der Waals surface area contributed by atoms with Crippen LogP contribution >= 0.6 is 12.4 Å². The number of aromatic nitrogens is 1. The Balaban J connectivity index is 0.00000280. The number of aromatic amines is 1. The minimum absolute atomic E-state index is 0. The number of halogens is 1. The zero-order valence-corrected chi connectivity index (χ0v) is 17.4. The molecular weight excluding hydrogens is 380 g/mol. The Labute approximate surface area is 171 Å². The number of hydrogen-bond donors (Lipinski definition) is 3. The number of rotatable bonds is 5. The normalized spacial score (nSPS) is 17.2. The molecule has 0 bridgehead atoms. The number of nitrogens with one attached hydrogen (secondary N) is 3. The molecule has 1 aliphatic heterocycles. The molecule has 8 heteroatoms. The first-order chi connectivity index (χ1) is 12.8. The fourth-order valence-electron chi connectivity index (χ4n) is 3.34. The predicted molar refractivity (Wildman–Crippen MR) is 112 cm³/mol. The molecule has 1 unspecified atom stereocenters. The maximum Gasteiger partial charge on any atom is 0.408 e. The third-order valence-electron chi connectivity index (χ3n) is 4.50. The van der Waals surface area contributed by atoms with Crippen molar-refractivity contribution in [3.8, 4) is 0 Å². The topological polar surface area (TPSA) is 86.5 Å². The zero-order chi connectivity index (χ0) is 19.4. The van der Waals surface area contributed by atoms with E-state index in [0.717, 1.165) is 31.6 Å². The van der Waals surface area contributed by atoms with Gasteiger partial charge in [-0.1, -0.05) is 18.2 Å². The quantitative estimate of drug-likeness (QED) is 0.710. The standard InChI is InChI=1S/C20H28N4O3.ClH/c1-20(2,3)27-19(26)22-11-18(25)23-15-8-9-24(13-15)12-14-10-21-17-7-5-4-6-16(14)17;/h4-7,10,15,21H,8-9,11-13H2,1-3H3,(H,22,26)(H,23,25);1H. The van der Waals surface area contributed by atoms with Crippen molar-refractivity contribution in [3.05, 3.63) is 36.0 Å². The van der Waals surface area contributed by atoms with Gasteiger partial charge in [0, 0.05) is 42.8 Å². The lowest BCUT2D eigenvalue weighted by molar-refractivity contribution is -0.120. The van der Waals surface area contributed by atoms with Gasteiger partial charge in [-0.15, -0.1) is 12.4 Å². The van der Waals surface area contributed by atoms with Gasteiger partial charge in [-0.2, -0.15) is 0 Å². The fraction of sp³-hybridized carbons (Fsp3) is 0.500. The van der Waals surface area contributed by atoms with Crippen LogP contribution < -0.4 is 10.6 Å². The summed E-state index contributed by atoms with van der Waals surface area (Å²) >= 11 is 0. The Morgan fingerprint density at radius 2 is 2.04 bits per heavy atom. The van der Waals surface area contributed by atoms with E-state index >= 15 is 0 Å². The van der Waals surface area contributed by atoms with Crippen molar-refractivity contribution in [1.29, 1.82) is 0 Å². The number of amides is 2. The number of likely N-dealkylation sites (tertiary alicyclic amines) is 1. The average Bonchev–Trinajstić information content (AvgIpc) is 3.19. The summed E-state index contributed by atoms with van der Waals surface area (Å²) in [6.45, 7) is 7.87.